The fourth-order valence-corrected chi connectivity index (χ4v) is 4.45. The van der Waals surface area contributed by atoms with Crippen molar-refractivity contribution < 1.29 is 23.5 Å². The minimum absolute atomic E-state index is 0.0117. The number of Topliss-reactive ketones (excluding diaryl/α,β-unsaturated/α-hetero) is 1. The first kappa shape index (κ1) is 25.1. The average Bonchev–Trinajstić information content (AvgIpc) is 2.75. The van der Waals surface area contributed by atoms with Crippen LogP contribution in [0.2, 0.25) is 0 Å². The first-order chi connectivity index (χ1) is 16.0. The van der Waals surface area contributed by atoms with Crippen molar-refractivity contribution in [1.29, 1.82) is 10.8 Å². The molecule has 9 nitrogen and oxygen atoms in total. The predicted octanol–water partition coefficient (Wildman–Crippen LogP) is 2.46. The van der Waals surface area contributed by atoms with Crippen LogP contribution >= 0.6 is 11.8 Å². The molecule has 3 N–H and O–H groups in total. The van der Waals surface area contributed by atoms with Gasteiger partial charge in [-0.15, -0.1) is 0 Å². The zero-order chi connectivity index (χ0) is 25.3. The van der Waals surface area contributed by atoms with Crippen LogP contribution in [-0.4, -0.2) is 56.2 Å². The average molecular weight is 492 g/mol. The maximum atomic E-state index is 13.9. The number of aromatic hydroxyl groups is 1. The first-order valence-electron chi connectivity index (χ1n) is 10.3. The molecule has 180 valence electrons. The van der Waals surface area contributed by atoms with Crippen molar-refractivity contribution in [1.82, 2.24) is 9.58 Å². The van der Waals surface area contributed by atoms with Gasteiger partial charge in [0.25, 0.3) is 5.91 Å². The number of hydrogen-bond acceptors (Lipinski definition) is 8. The van der Waals surface area contributed by atoms with Gasteiger partial charge in [0.15, 0.2) is 11.4 Å². The number of ketones is 1. The van der Waals surface area contributed by atoms with E-state index in [1.54, 1.807) is 14.0 Å². The smallest absolute Gasteiger partial charge is 0.278 e. The van der Waals surface area contributed by atoms with Crippen LogP contribution in [0.5, 0.6) is 5.75 Å². The second kappa shape index (κ2) is 9.75. The van der Waals surface area contributed by atoms with Crippen molar-refractivity contribution in [3.05, 3.63) is 63.1 Å². The molecule has 1 aromatic heterocycles. The van der Waals surface area contributed by atoms with Crippen LogP contribution in [0, 0.1) is 22.5 Å². The third kappa shape index (κ3) is 4.72. The van der Waals surface area contributed by atoms with Gasteiger partial charge in [-0.05, 0) is 25.5 Å². The lowest BCUT2D eigenvalue weighted by Gasteiger charge is -2.44. The van der Waals surface area contributed by atoms with E-state index in [1.165, 1.54) is 33.8 Å². The van der Waals surface area contributed by atoms with Crippen LogP contribution in [0.4, 0.5) is 8.78 Å². The molecule has 0 saturated carbocycles. The van der Waals surface area contributed by atoms with Crippen molar-refractivity contribution >= 4 is 33.5 Å². The topological polar surface area (TPSA) is 131 Å². The Morgan fingerprint density at radius 1 is 1.24 bits per heavy atom. The number of nitrogens with zero attached hydrogens (tertiary/aromatic N) is 3. The molecule has 1 atom stereocenters. The summed E-state index contributed by atoms with van der Waals surface area (Å²) in [4.78, 5) is 38.9. The van der Waals surface area contributed by atoms with E-state index in [-0.39, 0.29) is 47.0 Å². The molecule has 2 aromatic rings. The summed E-state index contributed by atoms with van der Waals surface area (Å²) in [5.74, 6) is -3.24. The Bertz CT molecular complexity index is 1260. The highest BCUT2D eigenvalue weighted by Crippen LogP contribution is 2.26. The highest BCUT2D eigenvalue weighted by Gasteiger charge is 2.38. The number of aromatic nitrogens is 1. The number of carbonyl (C=O) groups excluding carboxylic acids is 2. The number of fused-ring (bicyclic) bond motifs is 1. The lowest BCUT2D eigenvalue weighted by molar-refractivity contribution is -0.118. The van der Waals surface area contributed by atoms with Crippen molar-refractivity contribution in [2.45, 2.75) is 32.9 Å². The number of thioether (sulfide) groups is 1. The van der Waals surface area contributed by atoms with Gasteiger partial charge >= 0.3 is 0 Å². The monoisotopic (exact) mass is 491 g/mol. The molecule has 0 aliphatic carbocycles. The number of carbonyl (C=O) groups is 2. The molecule has 0 saturated heterocycles. The number of rotatable bonds is 6. The van der Waals surface area contributed by atoms with E-state index in [2.05, 4.69) is 0 Å². The molecule has 1 aromatic carbocycles. The normalized spacial score (nSPS) is 15.3. The third-order valence-corrected chi connectivity index (χ3v) is 6.22. The molecule has 1 aliphatic heterocycles. The quantitative estimate of drug-likeness (QED) is 0.420. The summed E-state index contributed by atoms with van der Waals surface area (Å²) in [6.45, 7) is 3.33. The van der Waals surface area contributed by atoms with E-state index in [0.717, 1.165) is 6.07 Å². The predicted molar refractivity (Wildman–Crippen MR) is 125 cm³/mol. The summed E-state index contributed by atoms with van der Waals surface area (Å²) in [5.41, 5.74) is -1.48. The SMILES string of the molecule is CCN1C(=O)c2c(O)c(=O)c(C(=N)SC(=N)Cc3ccc(F)cc3F)cn2N(C)C1CC(C)=O. The molecule has 0 fully saturated rings. The summed E-state index contributed by atoms with van der Waals surface area (Å²) in [5, 5.41) is 27.9. The maximum absolute atomic E-state index is 13.9. The van der Waals surface area contributed by atoms with Crippen molar-refractivity contribution in [2.75, 3.05) is 18.6 Å². The van der Waals surface area contributed by atoms with Crippen molar-refractivity contribution in [3.63, 3.8) is 0 Å². The molecule has 2 heterocycles. The van der Waals surface area contributed by atoms with Crippen LogP contribution in [0.3, 0.4) is 0 Å². The first-order valence-corrected chi connectivity index (χ1v) is 11.1. The van der Waals surface area contributed by atoms with Crippen LogP contribution in [-0.2, 0) is 11.2 Å². The zero-order valence-electron chi connectivity index (χ0n) is 18.7. The number of amides is 1. The molecule has 3 rings (SSSR count). The van der Waals surface area contributed by atoms with Crippen molar-refractivity contribution in [2.24, 2.45) is 0 Å². The second-order valence-corrected chi connectivity index (χ2v) is 8.84. The van der Waals surface area contributed by atoms with E-state index in [4.69, 9.17) is 10.8 Å². The van der Waals surface area contributed by atoms with Gasteiger partial charge in [-0.3, -0.25) is 34.9 Å². The Balaban J connectivity index is 1.94. The highest BCUT2D eigenvalue weighted by atomic mass is 32.2. The summed E-state index contributed by atoms with van der Waals surface area (Å²) in [6, 6.07) is 2.94. The maximum Gasteiger partial charge on any atom is 0.278 e. The Hall–Kier alpha value is -3.54. The Morgan fingerprint density at radius 2 is 1.91 bits per heavy atom. The Morgan fingerprint density at radius 3 is 2.50 bits per heavy atom. The minimum Gasteiger partial charge on any atom is -0.502 e. The fraction of sp³-hybridized carbons (Fsp3) is 0.318. The van der Waals surface area contributed by atoms with Crippen LogP contribution in [0.25, 0.3) is 0 Å². The van der Waals surface area contributed by atoms with Gasteiger partial charge in [0.1, 0.15) is 28.6 Å². The summed E-state index contributed by atoms with van der Waals surface area (Å²) in [7, 11) is 1.58. The lowest BCUT2D eigenvalue weighted by Crippen LogP contribution is -2.60. The lowest BCUT2D eigenvalue weighted by atomic mass is 10.1. The van der Waals surface area contributed by atoms with E-state index >= 15 is 0 Å². The van der Waals surface area contributed by atoms with Crippen molar-refractivity contribution in [3.8, 4) is 5.75 Å². The van der Waals surface area contributed by atoms with Gasteiger partial charge in [-0.1, -0.05) is 17.8 Å². The van der Waals surface area contributed by atoms with E-state index in [9.17, 15) is 28.3 Å². The van der Waals surface area contributed by atoms with Crippen LogP contribution < -0.4 is 10.4 Å². The van der Waals surface area contributed by atoms with E-state index < -0.39 is 39.9 Å². The molecule has 0 radical (unpaired) electrons. The fourth-order valence-electron chi connectivity index (χ4n) is 3.72. The zero-order valence-corrected chi connectivity index (χ0v) is 19.5. The highest BCUT2D eigenvalue weighted by molar-refractivity contribution is 8.26. The molecule has 34 heavy (non-hydrogen) atoms. The molecule has 0 spiro atoms. The van der Waals surface area contributed by atoms with E-state index in [1.807, 2.05) is 0 Å². The van der Waals surface area contributed by atoms with Gasteiger partial charge in [0.05, 0.1) is 10.6 Å². The molecule has 1 amide bonds. The molecule has 12 heteroatoms. The third-order valence-electron chi connectivity index (χ3n) is 5.41. The van der Waals surface area contributed by atoms with Crippen LogP contribution in [0.1, 0.15) is 41.9 Å². The van der Waals surface area contributed by atoms with E-state index in [0.29, 0.717) is 17.8 Å². The van der Waals surface area contributed by atoms with Gasteiger partial charge in [-0.2, -0.15) is 0 Å². The Labute approximate surface area is 198 Å². The summed E-state index contributed by atoms with van der Waals surface area (Å²) in [6.07, 6.45) is 0.315. The molecule has 1 aliphatic rings. The molecular formula is C22H23F2N5O4S. The van der Waals surface area contributed by atoms with Gasteiger partial charge < -0.3 is 10.0 Å². The Kier molecular flexibility index (Phi) is 7.20. The number of pyridine rings is 1. The number of halogens is 2. The second-order valence-electron chi connectivity index (χ2n) is 7.73. The van der Waals surface area contributed by atoms with Crippen LogP contribution in [0.15, 0.2) is 29.2 Å². The summed E-state index contributed by atoms with van der Waals surface area (Å²) < 4.78 is 28.2. The molecule has 1 unspecified atom stereocenters. The minimum atomic E-state index is -0.965. The molecular weight excluding hydrogens is 468 g/mol. The van der Waals surface area contributed by atoms with Gasteiger partial charge in [-0.25, -0.2) is 8.78 Å². The largest absolute Gasteiger partial charge is 0.502 e. The standard InChI is InChI=1S/C22H23F2N5O4S/c1-4-28-17(7-11(2)30)27(3)29-10-14(19(31)20(32)18(29)22(28)33)21(26)34-16(25)8-12-5-6-13(23)9-15(12)24/h5-6,9-10,17,25-26,32H,4,7-8H2,1-3H3. The number of nitrogens with one attached hydrogen (secondary N) is 2. The number of hydrogen-bond donors (Lipinski definition) is 3. The van der Waals surface area contributed by atoms with Gasteiger partial charge in [0.2, 0.25) is 5.43 Å². The summed E-state index contributed by atoms with van der Waals surface area (Å²) >= 11 is 0.566. The molecule has 0 bridgehead atoms. The number of benzene rings is 1. The van der Waals surface area contributed by atoms with Gasteiger partial charge in [0, 0.05) is 38.7 Å².